The summed E-state index contributed by atoms with van der Waals surface area (Å²) in [6, 6.07) is 7.55. The molecule has 0 aromatic heterocycles. The highest BCUT2D eigenvalue weighted by atomic mass is 127. The molecule has 0 bridgehead atoms. The maximum atomic E-state index is 11.5. The standard InChI is InChI=1S/C18H30N4O3.HI/c1-13(2)17(23)20-10-11-21-18(19-4)22-12-14(3)25-16-9-7-6-8-15(16)24-5;/h6-9,13-14H,10-12H2,1-5H3,(H,20,23)(H2,19,21,22);1H. The van der Waals surface area contributed by atoms with Gasteiger partial charge in [0.05, 0.1) is 13.7 Å². The summed E-state index contributed by atoms with van der Waals surface area (Å²) >= 11 is 0. The number of carbonyl (C=O) groups is 1. The van der Waals surface area contributed by atoms with E-state index in [1.54, 1.807) is 14.2 Å². The summed E-state index contributed by atoms with van der Waals surface area (Å²) < 4.78 is 11.2. The highest BCUT2D eigenvalue weighted by Crippen LogP contribution is 2.26. The highest BCUT2D eigenvalue weighted by molar-refractivity contribution is 14.0. The number of para-hydroxylation sites is 2. The Kier molecular flexibility index (Phi) is 12.6. The highest BCUT2D eigenvalue weighted by Gasteiger charge is 2.09. The number of nitrogens with zero attached hydrogens (tertiary/aromatic N) is 1. The Morgan fingerprint density at radius 1 is 1.08 bits per heavy atom. The van der Waals surface area contributed by atoms with Gasteiger partial charge in [-0.05, 0) is 19.1 Å². The fourth-order valence-electron chi connectivity index (χ4n) is 2.01. The summed E-state index contributed by atoms with van der Waals surface area (Å²) in [5, 5.41) is 9.20. The van der Waals surface area contributed by atoms with Gasteiger partial charge in [-0.3, -0.25) is 9.79 Å². The monoisotopic (exact) mass is 478 g/mol. The van der Waals surface area contributed by atoms with Crippen molar-refractivity contribution in [1.82, 2.24) is 16.0 Å². The summed E-state index contributed by atoms with van der Waals surface area (Å²) in [6.07, 6.45) is -0.0736. The minimum Gasteiger partial charge on any atom is -0.493 e. The number of carbonyl (C=O) groups excluding carboxylic acids is 1. The Hall–Kier alpha value is -1.71. The van der Waals surface area contributed by atoms with Crippen LogP contribution in [0.5, 0.6) is 11.5 Å². The molecule has 0 saturated heterocycles. The van der Waals surface area contributed by atoms with Crippen molar-refractivity contribution in [1.29, 1.82) is 0 Å². The molecular weight excluding hydrogens is 447 g/mol. The molecule has 0 radical (unpaired) electrons. The molecule has 1 amide bonds. The first-order valence-electron chi connectivity index (χ1n) is 8.49. The van der Waals surface area contributed by atoms with Crippen LogP contribution in [0, 0.1) is 5.92 Å². The van der Waals surface area contributed by atoms with Gasteiger partial charge in [-0.1, -0.05) is 26.0 Å². The van der Waals surface area contributed by atoms with E-state index in [0.717, 1.165) is 0 Å². The SMILES string of the molecule is CN=C(NCCNC(=O)C(C)C)NCC(C)Oc1ccccc1OC.I. The fourth-order valence-corrected chi connectivity index (χ4v) is 2.01. The Labute approximate surface area is 173 Å². The molecule has 1 unspecified atom stereocenters. The van der Waals surface area contributed by atoms with E-state index >= 15 is 0 Å². The fraction of sp³-hybridized carbons (Fsp3) is 0.556. The molecule has 1 rings (SSSR count). The van der Waals surface area contributed by atoms with Gasteiger partial charge in [0.1, 0.15) is 6.10 Å². The molecule has 0 aliphatic rings. The normalized spacial score (nSPS) is 12.0. The lowest BCUT2D eigenvalue weighted by Crippen LogP contribution is -2.44. The van der Waals surface area contributed by atoms with Crippen LogP contribution in [-0.4, -0.2) is 51.8 Å². The number of ether oxygens (including phenoxy) is 2. The van der Waals surface area contributed by atoms with Gasteiger partial charge in [-0.15, -0.1) is 24.0 Å². The summed E-state index contributed by atoms with van der Waals surface area (Å²) in [5.41, 5.74) is 0. The first kappa shape index (κ1) is 24.3. The Morgan fingerprint density at radius 2 is 1.69 bits per heavy atom. The molecule has 0 saturated carbocycles. The summed E-state index contributed by atoms with van der Waals surface area (Å²) in [7, 11) is 3.32. The van der Waals surface area contributed by atoms with Crippen molar-refractivity contribution < 1.29 is 14.3 Å². The van der Waals surface area contributed by atoms with E-state index in [2.05, 4.69) is 20.9 Å². The van der Waals surface area contributed by atoms with Crippen LogP contribution in [0.4, 0.5) is 0 Å². The molecule has 0 aliphatic heterocycles. The largest absolute Gasteiger partial charge is 0.493 e. The molecule has 0 spiro atoms. The summed E-state index contributed by atoms with van der Waals surface area (Å²) in [5.74, 6) is 2.11. The van der Waals surface area contributed by atoms with Gasteiger partial charge in [0.25, 0.3) is 0 Å². The van der Waals surface area contributed by atoms with Crippen LogP contribution in [-0.2, 0) is 4.79 Å². The van der Waals surface area contributed by atoms with Gasteiger partial charge >= 0.3 is 0 Å². The zero-order valence-electron chi connectivity index (χ0n) is 16.2. The van der Waals surface area contributed by atoms with Crippen molar-refractivity contribution in [3.63, 3.8) is 0 Å². The molecule has 0 fully saturated rings. The second-order valence-electron chi connectivity index (χ2n) is 5.90. The average molecular weight is 478 g/mol. The van der Waals surface area contributed by atoms with E-state index in [0.29, 0.717) is 37.1 Å². The molecule has 1 atom stereocenters. The molecule has 0 aliphatic carbocycles. The van der Waals surface area contributed by atoms with Gasteiger partial charge in [0.15, 0.2) is 17.5 Å². The number of nitrogens with one attached hydrogen (secondary N) is 3. The van der Waals surface area contributed by atoms with Crippen molar-refractivity contribution in [2.75, 3.05) is 33.8 Å². The lowest BCUT2D eigenvalue weighted by molar-refractivity contribution is -0.123. The Bertz CT molecular complexity index is 567. The average Bonchev–Trinajstić information content (AvgIpc) is 2.61. The molecule has 1 aromatic rings. The molecule has 1 aromatic carbocycles. The van der Waals surface area contributed by atoms with Crippen LogP contribution >= 0.6 is 24.0 Å². The predicted molar refractivity (Wildman–Crippen MR) is 116 cm³/mol. The van der Waals surface area contributed by atoms with Crippen molar-refractivity contribution >= 4 is 35.8 Å². The molecule has 8 heteroatoms. The van der Waals surface area contributed by atoms with E-state index in [1.165, 1.54) is 0 Å². The lowest BCUT2D eigenvalue weighted by atomic mass is 10.2. The van der Waals surface area contributed by atoms with Crippen LogP contribution in [0.3, 0.4) is 0 Å². The topological polar surface area (TPSA) is 84.0 Å². The van der Waals surface area contributed by atoms with E-state index in [9.17, 15) is 4.79 Å². The number of hydrogen-bond acceptors (Lipinski definition) is 4. The van der Waals surface area contributed by atoms with E-state index < -0.39 is 0 Å². The second kappa shape index (κ2) is 13.5. The van der Waals surface area contributed by atoms with Gasteiger partial charge in [0, 0.05) is 26.1 Å². The molecule has 148 valence electrons. The number of guanidine groups is 1. The van der Waals surface area contributed by atoms with Crippen molar-refractivity contribution in [3.05, 3.63) is 24.3 Å². The van der Waals surface area contributed by atoms with Crippen LogP contribution in [0.1, 0.15) is 20.8 Å². The van der Waals surface area contributed by atoms with Crippen LogP contribution in [0.2, 0.25) is 0 Å². The molecule has 7 nitrogen and oxygen atoms in total. The predicted octanol–water partition coefficient (Wildman–Crippen LogP) is 2.02. The minimum atomic E-state index is -0.0736. The van der Waals surface area contributed by atoms with Crippen molar-refractivity contribution in [2.45, 2.75) is 26.9 Å². The molecule has 26 heavy (non-hydrogen) atoms. The third-order valence-corrected chi connectivity index (χ3v) is 3.42. The van der Waals surface area contributed by atoms with Gasteiger partial charge in [-0.25, -0.2) is 0 Å². The van der Waals surface area contributed by atoms with E-state index in [1.807, 2.05) is 45.0 Å². The first-order valence-corrected chi connectivity index (χ1v) is 8.49. The molecular formula is C18H31IN4O3. The second-order valence-corrected chi connectivity index (χ2v) is 5.90. The smallest absolute Gasteiger partial charge is 0.222 e. The first-order chi connectivity index (χ1) is 12.0. The Balaban J connectivity index is 0.00000625. The number of methoxy groups -OCH3 is 1. The van der Waals surface area contributed by atoms with Gasteiger partial charge in [-0.2, -0.15) is 0 Å². The van der Waals surface area contributed by atoms with Crippen molar-refractivity contribution in [3.8, 4) is 11.5 Å². The number of benzene rings is 1. The van der Waals surface area contributed by atoms with Gasteiger partial charge < -0.3 is 25.4 Å². The van der Waals surface area contributed by atoms with Crippen LogP contribution in [0.15, 0.2) is 29.3 Å². The summed E-state index contributed by atoms with van der Waals surface area (Å²) in [4.78, 5) is 15.6. The lowest BCUT2D eigenvalue weighted by Gasteiger charge is -2.19. The quantitative estimate of drug-likeness (QED) is 0.219. The van der Waals surface area contributed by atoms with E-state index in [4.69, 9.17) is 9.47 Å². The summed E-state index contributed by atoms with van der Waals surface area (Å²) in [6.45, 7) is 7.43. The zero-order chi connectivity index (χ0) is 18.7. The number of halogens is 1. The van der Waals surface area contributed by atoms with E-state index in [-0.39, 0.29) is 41.9 Å². The molecule has 0 heterocycles. The molecule has 3 N–H and O–H groups in total. The Morgan fingerprint density at radius 3 is 2.27 bits per heavy atom. The van der Waals surface area contributed by atoms with Crippen LogP contribution in [0.25, 0.3) is 0 Å². The number of aliphatic imine (C=N–C) groups is 1. The zero-order valence-corrected chi connectivity index (χ0v) is 18.5. The van der Waals surface area contributed by atoms with Crippen LogP contribution < -0.4 is 25.4 Å². The third-order valence-electron chi connectivity index (χ3n) is 3.42. The maximum Gasteiger partial charge on any atom is 0.222 e. The van der Waals surface area contributed by atoms with Gasteiger partial charge in [0.2, 0.25) is 5.91 Å². The maximum absolute atomic E-state index is 11.5. The van der Waals surface area contributed by atoms with Crippen molar-refractivity contribution in [2.24, 2.45) is 10.9 Å². The minimum absolute atomic E-state index is 0. The number of rotatable bonds is 9. The number of hydrogen-bond donors (Lipinski definition) is 3. The third kappa shape index (κ3) is 9.12. The number of amides is 1.